The Kier molecular flexibility index (Phi) is 6.38. The third-order valence-corrected chi connectivity index (χ3v) is 6.19. The predicted molar refractivity (Wildman–Crippen MR) is 145 cm³/mol. The number of anilines is 4. The largest absolute Gasteiger partial charge is 0.354 e. The van der Waals surface area contributed by atoms with Gasteiger partial charge in [-0.05, 0) is 60.2 Å². The Morgan fingerprint density at radius 3 is 2.19 bits per heavy atom. The monoisotopic (exact) mass is 493 g/mol. The SMILES string of the molecule is CN(C(=O)N(C)c1ccc(NC(=C2C(=O)Nc3cc(F)ccc32)c2ccccc2)cc1)c1ccncc1. The maximum atomic E-state index is 13.8. The summed E-state index contributed by atoms with van der Waals surface area (Å²) < 4.78 is 13.8. The number of carbonyl (C=O) groups excluding carboxylic acids is 2. The fraction of sp³-hybridized carbons (Fsp3) is 0.0690. The molecule has 0 saturated carbocycles. The first-order chi connectivity index (χ1) is 17.9. The van der Waals surface area contributed by atoms with Gasteiger partial charge in [0.05, 0.1) is 17.0 Å². The van der Waals surface area contributed by atoms with Crippen molar-refractivity contribution in [2.75, 3.05) is 34.5 Å². The molecule has 0 spiro atoms. The minimum absolute atomic E-state index is 0.203. The Hall–Kier alpha value is -4.98. The molecule has 3 aromatic carbocycles. The lowest BCUT2D eigenvalue weighted by molar-refractivity contribution is -0.110. The molecule has 184 valence electrons. The summed E-state index contributed by atoms with van der Waals surface area (Å²) in [5.41, 5.74) is 5.04. The van der Waals surface area contributed by atoms with Gasteiger partial charge < -0.3 is 10.6 Å². The molecule has 0 atom stereocenters. The number of nitrogens with one attached hydrogen (secondary N) is 2. The van der Waals surface area contributed by atoms with Crippen molar-refractivity contribution in [1.82, 2.24) is 4.98 Å². The van der Waals surface area contributed by atoms with Crippen LogP contribution in [0, 0.1) is 5.82 Å². The zero-order chi connectivity index (χ0) is 25.9. The summed E-state index contributed by atoms with van der Waals surface area (Å²) in [5.74, 6) is -0.730. The number of hydrogen-bond donors (Lipinski definition) is 2. The number of pyridine rings is 1. The highest BCUT2D eigenvalue weighted by atomic mass is 19.1. The van der Waals surface area contributed by atoms with Crippen LogP contribution in [0.2, 0.25) is 0 Å². The van der Waals surface area contributed by atoms with Gasteiger partial charge in [0.15, 0.2) is 0 Å². The number of hydrogen-bond acceptors (Lipinski definition) is 4. The molecular weight excluding hydrogens is 469 g/mol. The first kappa shape index (κ1) is 23.7. The van der Waals surface area contributed by atoms with Crippen LogP contribution in [0.4, 0.5) is 31.9 Å². The number of rotatable bonds is 5. The van der Waals surface area contributed by atoms with Gasteiger partial charge in [-0.1, -0.05) is 30.3 Å². The molecule has 3 amide bonds. The lowest BCUT2D eigenvalue weighted by Gasteiger charge is -2.25. The summed E-state index contributed by atoms with van der Waals surface area (Å²) in [6, 6.07) is 24.4. The summed E-state index contributed by atoms with van der Waals surface area (Å²) in [6.45, 7) is 0. The van der Waals surface area contributed by atoms with E-state index in [9.17, 15) is 14.0 Å². The number of fused-ring (bicyclic) bond motifs is 1. The van der Waals surface area contributed by atoms with E-state index in [0.717, 1.165) is 16.9 Å². The maximum Gasteiger partial charge on any atom is 0.328 e. The fourth-order valence-electron chi connectivity index (χ4n) is 4.20. The molecule has 1 aliphatic rings. The summed E-state index contributed by atoms with van der Waals surface area (Å²) in [5, 5.41) is 6.13. The molecule has 5 rings (SSSR count). The minimum Gasteiger partial charge on any atom is -0.354 e. The van der Waals surface area contributed by atoms with Crippen molar-refractivity contribution in [2.45, 2.75) is 0 Å². The van der Waals surface area contributed by atoms with Gasteiger partial charge in [0.2, 0.25) is 0 Å². The topological polar surface area (TPSA) is 77.6 Å². The van der Waals surface area contributed by atoms with Crippen LogP contribution in [0.3, 0.4) is 0 Å². The highest BCUT2D eigenvalue weighted by Crippen LogP contribution is 2.38. The van der Waals surface area contributed by atoms with E-state index in [1.54, 1.807) is 54.5 Å². The zero-order valence-electron chi connectivity index (χ0n) is 20.3. The van der Waals surface area contributed by atoms with Gasteiger partial charge in [-0.25, -0.2) is 9.18 Å². The van der Waals surface area contributed by atoms with Crippen molar-refractivity contribution in [1.29, 1.82) is 0 Å². The summed E-state index contributed by atoms with van der Waals surface area (Å²) in [6.07, 6.45) is 3.27. The average molecular weight is 494 g/mol. The molecule has 1 aliphatic heterocycles. The first-order valence-corrected chi connectivity index (χ1v) is 11.6. The van der Waals surface area contributed by atoms with Crippen molar-refractivity contribution in [2.24, 2.45) is 0 Å². The molecule has 1 aromatic heterocycles. The standard InChI is InChI=1S/C29H24FN5O2/c1-34(29(37)35(2)23-14-16-31-17-15-23)22-11-9-21(10-12-22)32-27(19-6-4-3-5-7-19)26-24-13-8-20(30)18-25(24)33-28(26)36/h3-18,32H,1-2H3,(H,33,36). The van der Waals surface area contributed by atoms with Crippen LogP contribution < -0.4 is 20.4 Å². The first-order valence-electron chi connectivity index (χ1n) is 11.6. The van der Waals surface area contributed by atoms with Crippen LogP contribution in [0.5, 0.6) is 0 Å². The number of urea groups is 1. The molecule has 0 aliphatic carbocycles. The van der Waals surface area contributed by atoms with Crippen molar-refractivity contribution >= 4 is 46.0 Å². The number of amides is 3. The minimum atomic E-state index is -0.418. The average Bonchev–Trinajstić information content (AvgIpc) is 3.26. The molecule has 0 radical (unpaired) electrons. The molecule has 7 nitrogen and oxygen atoms in total. The van der Waals surface area contributed by atoms with Crippen molar-refractivity contribution < 1.29 is 14.0 Å². The maximum absolute atomic E-state index is 13.8. The second-order valence-electron chi connectivity index (χ2n) is 8.54. The van der Waals surface area contributed by atoms with Gasteiger partial charge in [-0.15, -0.1) is 0 Å². The highest BCUT2D eigenvalue weighted by Gasteiger charge is 2.29. The fourth-order valence-corrected chi connectivity index (χ4v) is 4.20. The van der Waals surface area contributed by atoms with Gasteiger partial charge in [0, 0.05) is 49.1 Å². The van der Waals surface area contributed by atoms with Crippen molar-refractivity contribution in [3.8, 4) is 0 Å². The third kappa shape index (κ3) is 4.77. The van der Waals surface area contributed by atoms with Gasteiger partial charge in [0.25, 0.3) is 5.91 Å². The van der Waals surface area contributed by atoms with E-state index in [0.29, 0.717) is 28.2 Å². The van der Waals surface area contributed by atoms with Gasteiger partial charge >= 0.3 is 6.03 Å². The van der Waals surface area contributed by atoms with E-state index >= 15 is 0 Å². The van der Waals surface area contributed by atoms with E-state index < -0.39 is 5.82 Å². The van der Waals surface area contributed by atoms with Crippen LogP contribution in [0.1, 0.15) is 11.1 Å². The number of benzene rings is 3. The zero-order valence-corrected chi connectivity index (χ0v) is 20.3. The van der Waals surface area contributed by atoms with E-state index in [-0.39, 0.29) is 11.9 Å². The van der Waals surface area contributed by atoms with Crippen molar-refractivity contribution in [3.05, 3.63) is 114 Å². The molecule has 0 saturated heterocycles. The number of nitrogens with zero attached hydrogens (tertiary/aromatic N) is 3. The molecule has 0 fully saturated rings. The van der Waals surface area contributed by atoms with Crippen LogP contribution >= 0.6 is 0 Å². The second-order valence-corrected chi connectivity index (χ2v) is 8.54. The Balaban J connectivity index is 1.45. The van der Waals surface area contributed by atoms with Gasteiger partial charge in [-0.2, -0.15) is 0 Å². The molecule has 8 heteroatoms. The quantitative estimate of drug-likeness (QED) is 0.342. The highest BCUT2D eigenvalue weighted by molar-refractivity contribution is 6.37. The van der Waals surface area contributed by atoms with Crippen LogP contribution in [-0.2, 0) is 4.79 Å². The van der Waals surface area contributed by atoms with Gasteiger partial charge in [-0.3, -0.25) is 19.6 Å². The van der Waals surface area contributed by atoms with Crippen LogP contribution in [0.25, 0.3) is 11.3 Å². The van der Waals surface area contributed by atoms with E-state index in [1.165, 1.54) is 12.1 Å². The third-order valence-electron chi connectivity index (χ3n) is 6.19. The van der Waals surface area contributed by atoms with E-state index in [2.05, 4.69) is 15.6 Å². The molecule has 0 bridgehead atoms. The van der Waals surface area contributed by atoms with Crippen LogP contribution in [0.15, 0.2) is 97.3 Å². The smallest absolute Gasteiger partial charge is 0.328 e. The summed E-state index contributed by atoms with van der Waals surface area (Å²) >= 11 is 0. The molecule has 37 heavy (non-hydrogen) atoms. The Morgan fingerprint density at radius 2 is 1.51 bits per heavy atom. The number of halogens is 1. The van der Waals surface area contributed by atoms with E-state index in [1.807, 2.05) is 54.6 Å². The van der Waals surface area contributed by atoms with Gasteiger partial charge in [0.1, 0.15) is 5.82 Å². The number of aromatic nitrogens is 1. The molecule has 2 heterocycles. The Morgan fingerprint density at radius 1 is 0.865 bits per heavy atom. The molecule has 2 N–H and O–H groups in total. The molecule has 4 aromatic rings. The normalized spacial score (nSPS) is 13.4. The second kappa shape index (κ2) is 9.94. The van der Waals surface area contributed by atoms with E-state index in [4.69, 9.17) is 0 Å². The molecular formula is C29H24FN5O2. The molecule has 0 unspecified atom stereocenters. The Labute approximate surface area is 213 Å². The predicted octanol–water partition coefficient (Wildman–Crippen LogP) is 5.85. The number of carbonyl (C=O) groups is 2. The summed E-state index contributed by atoms with van der Waals surface area (Å²) in [7, 11) is 3.41. The lowest BCUT2D eigenvalue weighted by Crippen LogP contribution is -2.38. The Bertz CT molecular complexity index is 1490. The summed E-state index contributed by atoms with van der Waals surface area (Å²) in [4.78, 5) is 33.0. The lowest BCUT2D eigenvalue weighted by atomic mass is 10.00. The van der Waals surface area contributed by atoms with Crippen LogP contribution in [-0.4, -0.2) is 31.0 Å². The van der Waals surface area contributed by atoms with Crippen molar-refractivity contribution in [3.63, 3.8) is 0 Å².